The van der Waals surface area contributed by atoms with Crippen LogP contribution in [0.3, 0.4) is 0 Å². The van der Waals surface area contributed by atoms with Crippen LogP contribution in [0.2, 0.25) is 0 Å². The van der Waals surface area contributed by atoms with E-state index in [-0.39, 0.29) is 0 Å². The number of rotatable bonds is 1. The van der Waals surface area contributed by atoms with E-state index in [1.54, 1.807) is 5.70 Å². The van der Waals surface area contributed by atoms with Gasteiger partial charge in [-0.3, -0.25) is 0 Å². The highest BCUT2D eigenvalue weighted by atomic mass is 15.3. The third kappa shape index (κ3) is 0.441. The average Bonchev–Trinajstić information content (AvgIpc) is 2.23. The van der Waals surface area contributed by atoms with Crippen LogP contribution in [0.15, 0.2) is 11.8 Å². The van der Waals surface area contributed by atoms with Crippen LogP contribution in [0.1, 0.15) is 13.3 Å². The topological polar surface area (TPSA) is 3.01 Å². The predicted molar refractivity (Wildman–Crippen MR) is 28.9 cm³/mol. The molecule has 0 aromatic carbocycles. The Balaban J connectivity index is 2.00. The molecular formula is C6H9N. The summed E-state index contributed by atoms with van der Waals surface area (Å²) >= 11 is 0. The van der Waals surface area contributed by atoms with Crippen LogP contribution >= 0.6 is 0 Å². The molecule has 0 N–H and O–H groups in total. The summed E-state index contributed by atoms with van der Waals surface area (Å²) in [5, 5.41) is 0. The SMILES string of the molecule is CC1CN1C1=CC1. The lowest BCUT2D eigenvalue weighted by molar-refractivity contribution is 0.665. The van der Waals surface area contributed by atoms with E-state index in [0.717, 1.165) is 6.04 Å². The van der Waals surface area contributed by atoms with Crippen molar-refractivity contribution in [3.05, 3.63) is 11.8 Å². The molecular weight excluding hydrogens is 86.1 g/mol. The smallest absolute Gasteiger partial charge is 0.0434 e. The molecule has 1 saturated heterocycles. The Morgan fingerprint density at radius 2 is 2.43 bits per heavy atom. The van der Waals surface area contributed by atoms with E-state index in [4.69, 9.17) is 0 Å². The second-order valence-electron chi connectivity index (χ2n) is 2.40. The zero-order chi connectivity index (χ0) is 4.85. The Morgan fingerprint density at radius 3 is 2.57 bits per heavy atom. The first-order valence-corrected chi connectivity index (χ1v) is 2.83. The molecule has 1 heteroatoms. The minimum absolute atomic E-state index is 0.869. The van der Waals surface area contributed by atoms with E-state index in [0.29, 0.717) is 0 Å². The second kappa shape index (κ2) is 0.857. The highest BCUT2D eigenvalue weighted by Gasteiger charge is 2.33. The molecule has 0 saturated carbocycles. The van der Waals surface area contributed by atoms with E-state index in [2.05, 4.69) is 17.9 Å². The van der Waals surface area contributed by atoms with Crippen LogP contribution in [0, 0.1) is 0 Å². The van der Waals surface area contributed by atoms with Gasteiger partial charge in [-0.25, -0.2) is 0 Å². The van der Waals surface area contributed by atoms with Gasteiger partial charge in [-0.15, -0.1) is 0 Å². The van der Waals surface area contributed by atoms with Gasteiger partial charge in [0.15, 0.2) is 0 Å². The van der Waals surface area contributed by atoms with Crippen LogP contribution in [-0.4, -0.2) is 17.5 Å². The van der Waals surface area contributed by atoms with Crippen molar-refractivity contribution in [2.45, 2.75) is 19.4 Å². The third-order valence-electron chi connectivity index (χ3n) is 1.62. The summed E-state index contributed by atoms with van der Waals surface area (Å²) in [4.78, 5) is 2.43. The maximum absolute atomic E-state index is 2.43. The predicted octanol–water partition coefficient (Wildman–Crippen LogP) is 0.978. The maximum atomic E-state index is 2.43. The molecule has 1 heterocycles. The van der Waals surface area contributed by atoms with Gasteiger partial charge in [0.05, 0.1) is 0 Å². The van der Waals surface area contributed by atoms with Crippen molar-refractivity contribution in [3.8, 4) is 0 Å². The molecule has 0 amide bonds. The Morgan fingerprint density at radius 1 is 1.86 bits per heavy atom. The van der Waals surface area contributed by atoms with E-state index in [1.165, 1.54) is 13.0 Å². The van der Waals surface area contributed by atoms with E-state index < -0.39 is 0 Å². The van der Waals surface area contributed by atoms with E-state index in [9.17, 15) is 0 Å². The van der Waals surface area contributed by atoms with Crippen molar-refractivity contribution in [1.82, 2.24) is 4.90 Å². The fraction of sp³-hybridized carbons (Fsp3) is 0.667. The summed E-state index contributed by atoms with van der Waals surface area (Å²) in [7, 11) is 0. The highest BCUT2D eigenvalue weighted by molar-refractivity contribution is 5.25. The summed E-state index contributed by atoms with van der Waals surface area (Å²) in [5.41, 5.74) is 1.58. The monoisotopic (exact) mass is 95.1 g/mol. The molecule has 1 unspecified atom stereocenters. The summed E-state index contributed by atoms with van der Waals surface area (Å²) < 4.78 is 0. The minimum atomic E-state index is 0.869. The molecule has 38 valence electrons. The Hall–Kier alpha value is -0.460. The molecule has 1 aliphatic carbocycles. The van der Waals surface area contributed by atoms with Crippen LogP contribution in [-0.2, 0) is 0 Å². The number of nitrogens with zero attached hydrogens (tertiary/aromatic N) is 1. The van der Waals surface area contributed by atoms with Crippen molar-refractivity contribution in [1.29, 1.82) is 0 Å². The largest absolute Gasteiger partial charge is 0.368 e. The lowest BCUT2D eigenvalue weighted by Crippen LogP contribution is -1.87. The second-order valence-corrected chi connectivity index (χ2v) is 2.40. The Bertz CT molecular complexity index is 126. The molecule has 7 heavy (non-hydrogen) atoms. The zero-order valence-corrected chi connectivity index (χ0v) is 4.52. The first kappa shape index (κ1) is 3.53. The molecule has 0 aromatic heterocycles. The molecule has 1 fully saturated rings. The normalized spacial score (nSPS) is 35.3. The van der Waals surface area contributed by atoms with Gasteiger partial charge in [0.2, 0.25) is 0 Å². The molecule has 0 bridgehead atoms. The Kier molecular flexibility index (Phi) is 0.432. The van der Waals surface area contributed by atoms with Gasteiger partial charge in [0.25, 0.3) is 0 Å². The summed E-state index contributed by atoms with van der Waals surface area (Å²) in [6.45, 7) is 3.57. The lowest BCUT2D eigenvalue weighted by atomic mass is 10.6. The highest BCUT2D eigenvalue weighted by Crippen LogP contribution is 2.33. The molecule has 1 aliphatic heterocycles. The van der Waals surface area contributed by atoms with Crippen LogP contribution in [0.5, 0.6) is 0 Å². The van der Waals surface area contributed by atoms with Crippen molar-refractivity contribution in [2.75, 3.05) is 6.54 Å². The van der Waals surface area contributed by atoms with Crippen molar-refractivity contribution in [3.63, 3.8) is 0 Å². The number of allylic oxidation sites excluding steroid dienone is 2. The molecule has 2 aliphatic rings. The molecule has 2 rings (SSSR count). The third-order valence-corrected chi connectivity index (χ3v) is 1.62. The van der Waals surface area contributed by atoms with Gasteiger partial charge in [-0.1, -0.05) is 6.08 Å². The zero-order valence-electron chi connectivity index (χ0n) is 4.52. The first-order valence-electron chi connectivity index (χ1n) is 2.83. The van der Waals surface area contributed by atoms with Crippen molar-refractivity contribution in [2.24, 2.45) is 0 Å². The van der Waals surface area contributed by atoms with Crippen LogP contribution < -0.4 is 0 Å². The minimum Gasteiger partial charge on any atom is -0.368 e. The fourth-order valence-electron chi connectivity index (χ4n) is 0.918. The van der Waals surface area contributed by atoms with Gasteiger partial charge in [0, 0.05) is 24.7 Å². The molecule has 1 nitrogen and oxygen atoms in total. The molecule has 1 atom stereocenters. The summed E-state index contributed by atoms with van der Waals surface area (Å²) in [5.74, 6) is 0. The van der Waals surface area contributed by atoms with Crippen molar-refractivity contribution >= 4 is 0 Å². The van der Waals surface area contributed by atoms with Crippen LogP contribution in [0.4, 0.5) is 0 Å². The van der Waals surface area contributed by atoms with Crippen LogP contribution in [0.25, 0.3) is 0 Å². The first-order chi connectivity index (χ1) is 3.38. The standard InChI is InChI=1S/C6H9N/c1-5-4-7(5)6-2-3-6/h2,5H,3-4H2,1H3. The molecule has 0 radical (unpaired) electrons. The van der Waals surface area contributed by atoms with Gasteiger partial charge >= 0.3 is 0 Å². The van der Waals surface area contributed by atoms with Gasteiger partial charge < -0.3 is 4.90 Å². The fourth-order valence-corrected chi connectivity index (χ4v) is 0.918. The lowest BCUT2D eigenvalue weighted by Gasteiger charge is -1.89. The summed E-state index contributed by atoms with van der Waals surface area (Å²) in [6.07, 6.45) is 3.55. The van der Waals surface area contributed by atoms with Gasteiger partial charge in [0.1, 0.15) is 0 Å². The Labute approximate surface area is 43.6 Å². The quantitative estimate of drug-likeness (QED) is 0.439. The summed E-state index contributed by atoms with van der Waals surface area (Å²) in [6, 6.07) is 0.869. The molecule has 0 spiro atoms. The van der Waals surface area contributed by atoms with E-state index >= 15 is 0 Å². The van der Waals surface area contributed by atoms with Gasteiger partial charge in [-0.2, -0.15) is 0 Å². The average molecular weight is 95.1 g/mol. The number of hydrogen-bond acceptors (Lipinski definition) is 1. The molecule has 0 aromatic rings. The van der Waals surface area contributed by atoms with Gasteiger partial charge in [-0.05, 0) is 6.92 Å². The maximum Gasteiger partial charge on any atom is 0.0434 e. The van der Waals surface area contributed by atoms with Crippen molar-refractivity contribution < 1.29 is 0 Å². The number of hydrogen-bond donors (Lipinski definition) is 0. The van der Waals surface area contributed by atoms with E-state index in [1.807, 2.05) is 0 Å².